The Labute approximate surface area is 82.1 Å². The van der Waals surface area contributed by atoms with Gasteiger partial charge in [0.05, 0.1) is 11.3 Å². The van der Waals surface area contributed by atoms with Crippen molar-refractivity contribution in [1.82, 2.24) is 5.32 Å². The molecular weight excluding hydrogens is 186 g/mol. The van der Waals surface area contributed by atoms with E-state index in [2.05, 4.69) is 5.32 Å². The van der Waals surface area contributed by atoms with Gasteiger partial charge >= 0.3 is 0 Å². The van der Waals surface area contributed by atoms with Gasteiger partial charge in [0.15, 0.2) is 0 Å². The van der Waals surface area contributed by atoms with Crippen molar-refractivity contribution >= 4 is 23.1 Å². The molecule has 3 nitrogen and oxygen atoms in total. The first-order valence-electron chi connectivity index (χ1n) is 4.01. The summed E-state index contributed by atoms with van der Waals surface area (Å²) in [7, 11) is 0. The molecule has 0 atom stereocenters. The number of nitrogens with one attached hydrogen (secondary N) is 1. The van der Waals surface area contributed by atoms with E-state index in [0.29, 0.717) is 11.4 Å². The number of aryl methyl sites for hydroxylation is 1. The monoisotopic (exact) mass is 197 g/mol. The zero-order valence-electron chi connectivity index (χ0n) is 7.37. The van der Waals surface area contributed by atoms with Crippen LogP contribution >= 0.6 is 12.2 Å². The second kappa shape index (κ2) is 4.77. The Balaban J connectivity index is 2.27. The largest absolute Gasteiger partial charge is 0.469 e. The molecule has 1 rings (SSSR count). The Morgan fingerprint density at radius 3 is 3.00 bits per heavy atom. The molecule has 1 heterocycles. The van der Waals surface area contributed by atoms with Crippen molar-refractivity contribution in [1.29, 1.82) is 0 Å². The standard InChI is InChI=1S/C9H11NO2S/c1-7(11)10-9(13)5-4-8-3-2-6-12-8/h2-3,6H,4-5H2,1H3,(H,10,11,13). The zero-order valence-corrected chi connectivity index (χ0v) is 8.19. The fourth-order valence-electron chi connectivity index (χ4n) is 0.950. The van der Waals surface area contributed by atoms with Gasteiger partial charge in [-0.25, -0.2) is 0 Å². The lowest BCUT2D eigenvalue weighted by Gasteiger charge is -2.01. The molecule has 0 fully saturated rings. The Hall–Kier alpha value is -1.16. The van der Waals surface area contributed by atoms with Crippen LogP contribution in [0.15, 0.2) is 22.8 Å². The average Bonchev–Trinajstić information content (AvgIpc) is 2.51. The summed E-state index contributed by atoms with van der Waals surface area (Å²) < 4.78 is 5.12. The van der Waals surface area contributed by atoms with Crippen LogP contribution in [0, 0.1) is 0 Å². The highest BCUT2D eigenvalue weighted by atomic mass is 32.1. The van der Waals surface area contributed by atoms with Gasteiger partial charge in [-0.15, -0.1) is 0 Å². The quantitative estimate of drug-likeness (QED) is 0.749. The van der Waals surface area contributed by atoms with Gasteiger partial charge in [-0.3, -0.25) is 4.79 Å². The number of thiocarbonyl (C=S) groups is 1. The lowest BCUT2D eigenvalue weighted by atomic mass is 10.2. The molecule has 0 bridgehead atoms. The predicted molar refractivity (Wildman–Crippen MR) is 53.4 cm³/mol. The van der Waals surface area contributed by atoms with E-state index in [-0.39, 0.29) is 5.91 Å². The summed E-state index contributed by atoms with van der Waals surface area (Å²) in [4.78, 5) is 11.2. The highest BCUT2D eigenvalue weighted by Gasteiger charge is 2.01. The molecule has 0 saturated heterocycles. The molecule has 1 N–H and O–H groups in total. The molecule has 0 unspecified atom stereocenters. The van der Waals surface area contributed by atoms with Gasteiger partial charge in [0.25, 0.3) is 0 Å². The normalized spacial score (nSPS) is 9.62. The molecule has 1 aromatic rings. The summed E-state index contributed by atoms with van der Waals surface area (Å²) in [5.41, 5.74) is 0. The van der Waals surface area contributed by atoms with E-state index in [1.165, 1.54) is 6.92 Å². The van der Waals surface area contributed by atoms with E-state index in [1.54, 1.807) is 6.26 Å². The van der Waals surface area contributed by atoms with Crippen molar-refractivity contribution in [2.75, 3.05) is 0 Å². The SMILES string of the molecule is CC(=O)NC(=S)CCc1ccco1. The first-order valence-corrected chi connectivity index (χ1v) is 4.42. The summed E-state index contributed by atoms with van der Waals surface area (Å²) in [5.74, 6) is 0.761. The second-order valence-corrected chi connectivity index (χ2v) is 3.18. The average molecular weight is 197 g/mol. The van der Waals surface area contributed by atoms with Crippen molar-refractivity contribution in [2.45, 2.75) is 19.8 Å². The van der Waals surface area contributed by atoms with E-state index in [4.69, 9.17) is 16.6 Å². The van der Waals surface area contributed by atoms with Gasteiger partial charge < -0.3 is 9.73 Å². The van der Waals surface area contributed by atoms with Crippen molar-refractivity contribution < 1.29 is 9.21 Å². The third kappa shape index (κ3) is 3.85. The maximum absolute atomic E-state index is 10.6. The summed E-state index contributed by atoms with van der Waals surface area (Å²) in [6.45, 7) is 1.44. The fraction of sp³-hybridized carbons (Fsp3) is 0.333. The van der Waals surface area contributed by atoms with Crippen LogP contribution in [-0.4, -0.2) is 10.9 Å². The van der Waals surface area contributed by atoms with Gasteiger partial charge in [-0.2, -0.15) is 0 Å². The van der Waals surface area contributed by atoms with Gasteiger partial charge in [0.2, 0.25) is 5.91 Å². The van der Waals surface area contributed by atoms with E-state index >= 15 is 0 Å². The predicted octanol–water partition coefficient (Wildman–Crippen LogP) is 1.68. The van der Waals surface area contributed by atoms with Gasteiger partial charge in [0, 0.05) is 19.8 Å². The molecule has 0 spiro atoms. The Morgan fingerprint density at radius 2 is 2.46 bits per heavy atom. The Kier molecular flexibility index (Phi) is 3.64. The number of rotatable bonds is 3. The van der Waals surface area contributed by atoms with Crippen LogP contribution in [0.3, 0.4) is 0 Å². The topological polar surface area (TPSA) is 42.2 Å². The van der Waals surface area contributed by atoms with Crippen LogP contribution in [0.2, 0.25) is 0 Å². The molecule has 13 heavy (non-hydrogen) atoms. The number of hydrogen-bond acceptors (Lipinski definition) is 3. The summed E-state index contributed by atoms with van der Waals surface area (Å²) >= 11 is 4.93. The van der Waals surface area contributed by atoms with Gasteiger partial charge in [-0.05, 0) is 12.1 Å². The highest BCUT2D eigenvalue weighted by Crippen LogP contribution is 2.03. The number of amides is 1. The van der Waals surface area contributed by atoms with Crippen LogP contribution < -0.4 is 5.32 Å². The lowest BCUT2D eigenvalue weighted by molar-refractivity contribution is -0.117. The first kappa shape index (κ1) is 9.92. The minimum absolute atomic E-state index is 0.121. The smallest absolute Gasteiger partial charge is 0.221 e. The van der Waals surface area contributed by atoms with Crippen LogP contribution in [0.25, 0.3) is 0 Å². The van der Waals surface area contributed by atoms with Gasteiger partial charge in [-0.1, -0.05) is 12.2 Å². The fourth-order valence-corrected chi connectivity index (χ4v) is 1.20. The molecule has 1 amide bonds. The maximum Gasteiger partial charge on any atom is 0.221 e. The first-order chi connectivity index (χ1) is 6.18. The van der Waals surface area contributed by atoms with Crippen molar-refractivity contribution in [2.24, 2.45) is 0 Å². The van der Waals surface area contributed by atoms with Crippen LogP contribution in [-0.2, 0) is 11.2 Å². The Morgan fingerprint density at radius 1 is 1.69 bits per heavy atom. The molecule has 1 aromatic heterocycles. The van der Waals surface area contributed by atoms with Crippen LogP contribution in [0.4, 0.5) is 0 Å². The van der Waals surface area contributed by atoms with Crippen molar-refractivity contribution in [3.8, 4) is 0 Å². The Bertz CT molecular complexity index is 293. The van der Waals surface area contributed by atoms with Gasteiger partial charge in [0.1, 0.15) is 5.76 Å². The summed E-state index contributed by atoms with van der Waals surface area (Å²) in [6.07, 6.45) is 2.99. The number of carbonyl (C=O) groups is 1. The zero-order chi connectivity index (χ0) is 9.68. The molecule has 4 heteroatoms. The molecule has 0 aliphatic rings. The van der Waals surface area contributed by atoms with Crippen LogP contribution in [0.1, 0.15) is 19.1 Å². The highest BCUT2D eigenvalue weighted by molar-refractivity contribution is 7.80. The maximum atomic E-state index is 10.6. The number of hydrogen-bond donors (Lipinski definition) is 1. The molecule has 0 aliphatic heterocycles. The molecule has 70 valence electrons. The molecule has 0 aromatic carbocycles. The third-order valence-corrected chi connectivity index (χ3v) is 1.80. The molecular formula is C9H11NO2S. The number of furan rings is 1. The lowest BCUT2D eigenvalue weighted by Crippen LogP contribution is -2.26. The molecule has 0 aliphatic carbocycles. The van der Waals surface area contributed by atoms with Crippen LogP contribution in [0.5, 0.6) is 0 Å². The van der Waals surface area contributed by atoms with E-state index in [1.807, 2.05) is 12.1 Å². The minimum Gasteiger partial charge on any atom is -0.469 e. The minimum atomic E-state index is -0.121. The van der Waals surface area contributed by atoms with Crippen molar-refractivity contribution in [3.05, 3.63) is 24.2 Å². The second-order valence-electron chi connectivity index (χ2n) is 2.68. The van der Waals surface area contributed by atoms with E-state index in [0.717, 1.165) is 12.2 Å². The summed E-state index contributed by atoms with van der Waals surface area (Å²) in [5, 5.41) is 2.56. The van der Waals surface area contributed by atoms with E-state index < -0.39 is 0 Å². The van der Waals surface area contributed by atoms with E-state index in [9.17, 15) is 4.79 Å². The summed E-state index contributed by atoms with van der Waals surface area (Å²) in [6, 6.07) is 3.72. The molecule has 0 radical (unpaired) electrons. The third-order valence-electron chi connectivity index (χ3n) is 1.49. The molecule has 0 saturated carbocycles. The van der Waals surface area contributed by atoms with Crippen molar-refractivity contribution in [3.63, 3.8) is 0 Å². The number of carbonyl (C=O) groups excluding carboxylic acids is 1.